The van der Waals surface area contributed by atoms with Crippen molar-refractivity contribution in [2.75, 3.05) is 0 Å². The molecule has 1 amide bonds. The standard InChI is InChI=1S/C14H17BrClNO/c1-9-6-7-10(8-11(9)15)14(18)17-13-5-3-2-4-12(13)16/h6-8,12-13H,2-5H2,1H3,(H,17,18). The Bertz CT molecular complexity index is 449. The van der Waals surface area contributed by atoms with E-state index in [1.807, 2.05) is 25.1 Å². The molecule has 1 aliphatic rings. The molecule has 1 aromatic carbocycles. The molecule has 0 radical (unpaired) electrons. The second-order valence-electron chi connectivity index (χ2n) is 4.84. The fourth-order valence-corrected chi connectivity index (χ4v) is 2.96. The van der Waals surface area contributed by atoms with Crippen LogP contribution in [0.3, 0.4) is 0 Å². The molecule has 0 aliphatic heterocycles. The molecular formula is C14H17BrClNO. The molecule has 2 rings (SSSR count). The highest BCUT2D eigenvalue weighted by atomic mass is 79.9. The number of nitrogens with one attached hydrogen (secondary N) is 1. The van der Waals surface area contributed by atoms with Crippen LogP contribution in [0.15, 0.2) is 22.7 Å². The summed E-state index contributed by atoms with van der Waals surface area (Å²) in [7, 11) is 0. The maximum atomic E-state index is 12.1. The summed E-state index contributed by atoms with van der Waals surface area (Å²) in [6.45, 7) is 2.00. The van der Waals surface area contributed by atoms with Crippen molar-refractivity contribution in [1.82, 2.24) is 5.32 Å². The second kappa shape index (κ2) is 6.07. The van der Waals surface area contributed by atoms with Gasteiger partial charge >= 0.3 is 0 Å². The first kappa shape index (κ1) is 13.9. The summed E-state index contributed by atoms with van der Waals surface area (Å²) < 4.78 is 0.959. The topological polar surface area (TPSA) is 29.1 Å². The van der Waals surface area contributed by atoms with Crippen molar-refractivity contribution in [3.63, 3.8) is 0 Å². The van der Waals surface area contributed by atoms with Crippen LogP contribution in [0.4, 0.5) is 0 Å². The van der Waals surface area contributed by atoms with Gasteiger partial charge in [-0.05, 0) is 37.5 Å². The average molecular weight is 331 g/mol. The highest BCUT2D eigenvalue weighted by Gasteiger charge is 2.24. The van der Waals surface area contributed by atoms with Crippen LogP contribution in [0.25, 0.3) is 0 Å². The number of aryl methyl sites for hydroxylation is 1. The summed E-state index contributed by atoms with van der Waals surface area (Å²) >= 11 is 9.69. The van der Waals surface area contributed by atoms with Gasteiger partial charge in [0.15, 0.2) is 0 Å². The molecule has 0 heterocycles. The van der Waals surface area contributed by atoms with Gasteiger partial charge in [0, 0.05) is 16.1 Å². The zero-order valence-electron chi connectivity index (χ0n) is 10.4. The fraction of sp³-hybridized carbons (Fsp3) is 0.500. The summed E-state index contributed by atoms with van der Waals surface area (Å²) in [4.78, 5) is 12.1. The third-order valence-electron chi connectivity index (χ3n) is 3.43. The molecule has 1 saturated carbocycles. The Morgan fingerprint density at radius 3 is 2.78 bits per heavy atom. The molecular weight excluding hydrogens is 314 g/mol. The van der Waals surface area contributed by atoms with Gasteiger partial charge in [0.25, 0.3) is 5.91 Å². The van der Waals surface area contributed by atoms with E-state index in [4.69, 9.17) is 11.6 Å². The molecule has 2 atom stereocenters. The number of halogens is 2. The van der Waals surface area contributed by atoms with Crippen LogP contribution in [-0.2, 0) is 0 Å². The molecule has 2 unspecified atom stereocenters. The maximum absolute atomic E-state index is 12.1. The molecule has 0 bridgehead atoms. The Labute approximate surface area is 121 Å². The predicted octanol–water partition coefficient (Wildman–Crippen LogP) is 4.04. The van der Waals surface area contributed by atoms with E-state index in [9.17, 15) is 4.79 Å². The van der Waals surface area contributed by atoms with Crippen LogP contribution < -0.4 is 5.32 Å². The Morgan fingerprint density at radius 1 is 1.39 bits per heavy atom. The molecule has 98 valence electrons. The van der Waals surface area contributed by atoms with Gasteiger partial charge in [-0.15, -0.1) is 11.6 Å². The minimum Gasteiger partial charge on any atom is -0.348 e. The van der Waals surface area contributed by atoms with Crippen LogP contribution in [0, 0.1) is 6.92 Å². The van der Waals surface area contributed by atoms with E-state index < -0.39 is 0 Å². The Kier molecular flexibility index (Phi) is 4.68. The Morgan fingerprint density at radius 2 is 2.11 bits per heavy atom. The SMILES string of the molecule is Cc1ccc(C(=O)NC2CCCCC2Cl)cc1Br. The summed E-state index contributed by atoms with van der Waals surface area (Å²) in [5.74, 6) is -0.0340. The first-order chi connectivity index (χ1) is 8.58. The van der Waals surface area contributed by atoms with Gasteiger partial charge in [-0.1, -0.05) is 34.8 Å². The highest BCUT2D eigenvalue weighted by Crippen LogP contribution is 2.24. The van der Waals surface area contributed by atoms with E-state index in [1.54, 1.807) is 0 Å². The first-order valence-corrected chi connectivity index (χ1v) is 7.52. The minimum absolute atomic E-state index is 0.0340. The van der Waals surface area contributed by atoms with Crippen molar-refractivity contribution in [1.29, 1.82) is 0 Å². The van der Waals surface area contributed by atoms with Crippen LogP contribution in [0.1, 0.15) is 41.6 Å². The van der Waals surface area contributed by atoms with Crippen molar-refractivity contribution >= 4 is 33.4 Å². The third kappa shape index (κ3) is 3.27. The molecule has 2 nitrogen and oxygen atoms in total. The lowest BCUT2D eigenvalue weighted by Gasteiger charge is -2.27. The van der Waals surface area contributed by atoms with Crippen molar-refractivity contribution in [3.8, 4) is 0 Å². The van der Waals surface area contributed by atoms with Gasteiger partial charge in [0.05, 0.1) is 5.38 Å². The molecule has 1 aliphatic carbocycles. The van der Waals surface area contributed by atoms with Crippen molar-refractivity contribution < 1.29 is 4.79 Å². The molecule has 1 fully saturated rings. The summed E-state index contributed by atoms with van der Waals surface area (Å²) in [6, 6.07) is 5.75. The molecule has 0 saturated heterocycles. The van der Waals surface area contributed by atoms with Gasteiger partial charge < -0.3 is 5.32 Å². The number of carbonyl (C=O) groups is 1. The van der Waals surface area contributed by atoms with Crippen molar-refractivity contribution in [2.45, 2.75) is 44.0 Å². The van der Waals surface area contributed by atoms with Crippen molar-refractivity contribution in [2.24, 2.45) is 0 Å². The lowest BCUT2D eigenvalue weighted by Crippen LogP contribution is -2.42. The number of rotatable bonds is 2. The summed E-state index contributed by atoms with van der Waals surface area (Å²) in [5.41, 5.74) is 1.81. The third-order valence-corrected chi connectivity index (χ3v) is 4.81. The van der Waals surface area contributed by atoms with Gasteiger partial charge in [-0.2, -0.15) is 0 Å². The number of amides is 1. The van der Waals surface area contributed by atoms with E-state index in [2.05, 4.69) is 21.2 Å². The second-order valence-corrected chi connectivity index (χ2v) is 6.26. The zero-order chi connectivity index (χ0) is 13.1. The highest BCUT2D eigenvalue weighted by molar-refractivity contribution is 9.10. The molecule has 18 heavy (non-hydrogen) atoms. The number of benzene rings is 1. The quantitative estimate of drug-likeness (QED) is 0.815. The summed E-state index contributed by atoms with van der Waals surface area (Å²) in [6.07, 6.45) is 4.28. The lowest BCUT2D eigenvalue weighted by molar-refractivity contribution is 0.0928. The molecule has 4 heteroatoms. The van der Waals surface area contributed by atoms with Gasteiger partial charge in [0.2, 0.25) is 0 Å². The minimum atomic E-state index is -0.0340. The fourth-order valence-electron chi connectivity index (χ4n) is 2.23. The smallest absolute Gasteiger partial charge is 0.251 e. The lowest BCUT2D eigenvalue weighted by atomic mass is 9.94. The molecule has 0 aromatic heterocycles. The van der Waals surface area contributed by atoms with Crippen LogP contribution >= 0.6 is 27.5 Å². The average Bonchev–Trinajstić information content (AvgIpc) is 2.35. The largest absolute Gasteiger partial charge is 0.348 e. The molecule has 1 N–H and O–H groups in total. The number of hydrogen-bond donors (Lipinski definition) is 1. The van der Waals surface area contributed by atoms with Gasteiger partial charge in [0.1, 0.15) is 0 Å². The first-order valence-electron chi connectivity index (χ1n) is 6.29. The van der Waals surface area contributed by atoms with Gasteiger partial charge in [-0.25, -0.2) is 0 Å². The van der Waals surface area contributed by atoms with E-state index in [-0.39, 0.29) is 17.3 Å². The monoisotopic (exact) mass is 329 g/mol. The van der Waals surface area contributed by atoms with Crippen LogP contribution in [-0.4, -0.2) is 17.3 Å². The van der Waals surface area contributed by atoms with Crippen LogP contribution in [0.2, 0.25) is 0 Å². The van der Waals surface area contributed by atoms with Crippen LogP contribution in [0.5, 0.6) is 0 Å². The Hall–Kier alpha value is -0.540. The molecule has 1 aromatic rings. The normalized spacial score (nSPS) is 23.7. The molecule has 0 spiro atoms. The number of hydrogen-bond acceptors (Lipinski definition) is 1. The van der Waals surface area contributed by atoms with E-state index in [1.165, 1.54) is 0 Å². The number of alkyl halides is 1. The van der Waals surface area contributed by atoms with Crippen molar-refractivity contribution in [3.05, 3.63) is 33.8 Å². The maximum Gasteiger partial charge on any atom is 0.251 e. The van der Waals surface area contributed by atoms with E-state index >= 15 is 0 Å². The predicted molar refractivity (Wildman–Crippen MR) is 78.2 cm³/mol. The Balaban J connectivity index is 2.04. The zero-order valence-corrected chi connectivity index (χ0v) is 12.7. The number of carbonyl (C=O) groups excluding carboxylic acids is 1. The van der Waals surface area contributed by atoms with E-state index in [0.29, 0.717) is 5.56 Å². The summed E-state index contributed by atoms with van der Waals surface area (Å²) in [5, 5.41) is 3.11. The van der Waals surface area contributed by atoms with E-state index in [0.717, 1.165) is 35.7 Å². The van der Waals surface area contributed by atoms with Gasteiger partial charge in [-0.3, -0.25) is 4.79 Å².